The van der Waals surface area contributed by atoms with Gasteiger partial charge in [0.1, 0.15) is 11.4 Å². The third-order valence-electron chi connectivity index (χ3n) is 4.48. The van der Waals surface area contributed by atoms with E-state index in [9.17, 15) is 13.3 Å². The molecule has 0 aliphatic heterocycles. The van der Waals surface area contributed by atoms with Crippen molar-refractivity contribution in [1.29, 1.82) is 0 Å². The van der Waals surface area contributed by atoms with Crippen LogP contribution in [-0.2, 0) is 17.3 Å². The van der Waals surface area contributed by atoms with Crippen LogP contribution >= 0.6 is 0 Å². The van der Waals surface area contributed by atoms with Gasteiger partial charge in [-0.25, -0.2) is 0 Å². The second-order valence-electron chi connectivity index (χ2n) is 7.58. The lowest BCUT2D eigenvalue weighted by Gasteiger charge is -2.38. The Balaban J connectivity index is 2.57. The van der Waals surface area contributed by atoms with Crippen molar-refractivity contribution < 1.29 is 18.4 Å². The van der Waals surface area contributed by atoms with E-state index in [0.29, 0.717) is 11.1 Å². The van der Waals surface area contributed by atoms with E-state index in [1.807, 2.05) is 58.0 Å². The fourth-order valence-electron chi connectivity index (χ4n) is 3.05. The molecule has 0 aromatic heterocycles. The van der Waals surface area contributed by atoms with Crippen molar-refractivity contribution in [3.63, 3.8) is 0 Å². The van der Waals surface area contributed by atoms with Gasteiger partial charge in [-0.05, 0) is 57.9 Å². The number of para-hydroxylation sites is 1. The Morgan fingerprint density at radius 3 is 2.19 bits per heavy atom. The molecule has 2 atom stereocenters. The number of hydrogen-bond acceptors (Lipinski definition) is 3. The average Bonchev–Trinajstić information content (AvgIpc) is 2.62. The molecule has 1 N–H and O–H groups in total. The molecule has 0 heterocycles. The van der Waals surface area contributed by atoms with Crippen molar-refractivity contribution >= 4 is 17.0 Å². The summed E-state index contributed by atoms with van der Waals surface area (Å²) in [5.74, 6) is -3.32. The molecule has 2 aromatic carbocycles. The molecule has 2 aromatic rings. The van der Waals surface area contributed by atoms with Gasteiger partial charge in [-0.2, -0.15) is 13.1 Å². The van der Waals surface area contributed by atoms with Crippen molar-refractivity contribution in [2.24, 2.45) is 0 Å². The Hall–Kier alpha value is -1.63. The van der Waals surface area contributed by atoms with Gasteiger partial charge >= 0.3 is 0 Å². The van der Waals surface area contributed by atoms with Crippen LogP contribution in [0.2, 0.25) is 0 Å². The Morgan fingerprint density at radius 2 is 1.67 bits per heavy atom. The maximum absolute atomic E-state index is 14.1. The fraction of sp³-hybridized carbons (Fsp3) is 0.429. The summed E-state index contributed by atoms with van der Waals surface area (Å²) in [7, 11) is 0. The molecule has 0 fully saturated rings. The molecule has 0 spiro atoms. The minimum atomic E-state index is -3.32. The highest BCUT2D eigenvalue weighted by atomic mass is 32.2. The number of alkyl halides is 2. The SMILES string of the molecule is Cc1c([C@@H](C)N(c2ccccc2)[S+]([O-])C(C)(C)C)cccc1C(F)(F)CO. The van der Waals surface area contributed by atoms with Crippen LogP contribution in [0, 0.1) is 6.92 Å². The molecule has 0 amide bonds. The molecule has 0 aliphatic rings. The summed E-state index contributed by atoms with van der Waals surface area (Å²) < 4.78 is 42.8. The smallest absolute Gasteiger partial charge is 0.296 e. The summed E-state index contributed by atoms with van der Waals surface area (Å²) in [6, 6.07) is 13.6. The fourth-order valence-corrected chi connectivity index (χ4v) is 4.35. The van der Waals surface area contributed by atoms with Crippen molar-refractivity contribution in [1.82, 2.24) is 0 Å². The number of aliphatic hydroxyl groups is 1. The standard InChI is InChI=1S/C21H27F2NO2S/c1-15-18(12-9-13-19(15)21(22,23)14-25)16(2)24(27(26)20(3,4)5)17-10-7-6-8-11-17/h6-13,16,25H,14H2,1-5H3/t16-,27?/m1/s1. The summed E-state index contributed by atoms with van der Waals surface area (Å²) in [5.41, 5.74) is 1.61. The summed E-state index contributed by atoms with van der Waals surface area (Å²) in [4.78, 5) is 0. The van der Waals surface area contributed by atoms with E-state index in [-0.39, 0.29) is 5.56 Å². The van der Waals surface area contributed by atoms with Crippen LogP contribution in [0.1, 0.15) is 50.4 Å². The second-order valence-corrected chi connectivity index (χ2v) is 9.70. The van der Waals surface area contributed by atoms with Crippen LogP contribution in [0.5, 0.6) is 0 Å². The van der Waals surface area contributed by atoms with Crippen molar-refractivity contribution in [3.05, 3.63) is 65.2 Å². The maximum atomic E-state index is 14.1. The second kappa shape index (κ2) is 8.17. The van der Waals surface area contributed by atoms with Crippen molar-refractivity contribution in [2.45, 2.75) is 51.3 Å². The zero-order chi connectivity index (χ0) is 20.4. The molecule has 2 rings (SSSR count). The molecule has 0 saturated carbocycles. The molecule has 0 bridgehead atoms. The molecule has 27 heavy (non-hydrogen) atoms. The third kappa shape index (κ3) is 4.62. The molecule has 0 radical (unpaired) electrons. The maximum Gasteiger partial charge on any atom is 0.296 e. The van der Waals surface area contributed by atoms with Crippen LogP contribution in [0.4, 0.5) is 14.5 Å². The first-order valence-corrected chi connectivity index (χ1v) is 9.96. The number of nitrogens with zero attached hydrogens (tertiary/aromatic N) is 1. The van der Waals surface area contributed by atoms with E-state index >= 15 is 0 Å². The Bertz CT molecular complexity index is 763. The molecule has 0 aliphatic carbocycles. The Morgan fingerprint density at radius 1 is 1.07 bits per heavy atom. The lowest BCUT2D eigenvalue weighted by molar-refractivity contribution is -0.0561. The number of halogens is 2. The summed E-state index contributed by atoms with van der Waals surface area (Å²) in [6.45, 7) is 7.88. The summed E-state index contributed by atoms with van der Waals surface area (Å²) in [6.07, 6.45) is 0. The van der Waals surface area contributed by atoms with E-state index < -0.39 is 34.7 Å². The molecule has 1 unspecified atom stereocenters. The summed E-state index contributed by atoms with van der Waals surface area (Å²) in [5, 5.41) is 9.07. The van der Waals surface area contributed by atoms with Crippen LogP contribution in [0.25, 0.3) is 0 Å². The van der Waals surface area contributed by atoms with Gasteiger partial charge in [-0.15, -0.1) is 0 Å². The molecule has 0 saturated heterocycles. The van der Waals surface area contributed by atoms with E-state index in [0.717, 1.165) is 5.69 Å². The lowest BCUT2D eigenvalue weighted by atomic mass is 9.94. The van der Waals surface area contributed by atoms with E-state index in [1.54, 1.807) is 23.4 Å². The van der Waals surface area contributed by atoms with Crippen LogP contribution in [-0.4, -0.2) is 21.0 Å². The highest BCUT2D eigenvalue weighted by Gasteiger charge is 2.39. The monoisotopic (exact) mass is 395 g/mol. The molecular weight excluding hydrogens is 368 g/mol. The minimum absolute atomic E-state index is 0.205. The Labute approximate surface area is 163 Å². The molecule has 3 nitrogen and oxygen atoms in total. The number of rotatable bonds is 6. The highest BCUT2D eigenvalue weighted by molar-refractivity contribution is 7.94. The zero-order valence-electron chi connectivity index (χ0n) is 16.4. The van der Waals surface area contributed by atoms with E-state index in [2.05, 4.69) is 0 Å². The van der Waals surface area contributed by atoms with Crippen molar-refractivity contribution in [2.75, 3.05) is 10.9 Å². The van der Waals surface area contributed by atoms with Crippen LogP contribution < -0.4 is 4.31 Å². The largest absolute Gasteiger partial charge is 0.593 e. The molecular formula is C21H27F2NO2S. The predicted molar refractivity (Wildman–Crippen MR) is 107 cm³/mol. The molecule has 148 valence electrons. The number of aliphatic hydroxyl groups excluding tert-OH is 1. The number of hydrogen-bond donors (Lipinski definition) is 1. The van der Waals surface area contributed by atoms with Gasteiger partial charge in [-0.1, -0.05) is 36.4 Å². The first-order valence-electron chi connectivity index (χ1n) is 8.85. The van der Waals surface area contributed by atoms with Crippen molar-refractivity contribution in [3.8, 4) is 0 Å². The number of anilines is 1. The average molecular weight is 396 g/mol. The van der Waals surface area contributed by atoms with Gasteiger partial charge < -0.3 is 9.66 Å². The predicted octanol–water partition coefficient (Wildman–Crippen LogP) is 5.11. The van der Waals surface area contributed by atoms with Gasteiger partial charge in [0.15, 0.2) is 0 Å². The van der Waals surface area contributed by atoms with Gasteiger partial charge in [-0.3, -0.25) is 0 Å². The summed E-state index contributed by atoms with van der Waals surface area (Å²) >= 11 is -1.40. The topological polar surface area (TPSA) is 46.5 Å². The first kappa shape index (κ1) is 21.7. The molecule has 6 heteroatoms. The third-order valence-corrected chi connectivity index (χ3v) is 6.42. The van der Waals surface area contributed by atoms with Crippen LogP contribution in [0.3, 0.4) is 0 Å². The van der Waals surface area contributed by atoms with E-state index in [4.69, 9.17) is 5.11 Å². The lowest BCUT2D eigenvalue weighted by Crippen LogP contribution is -2.44. The quantitative estimate of drug-likeness (QED) is 0.692. The first-order chi connectivity index (χ1) is 12.5. The van der Waals surface area contributed by atoms with Crippen LogP contribution in [0.15, 0.2) is 48.5 Å². The van der Waals surface area contributed by atoms with Gasteiger partial charge in [0, 0.05) is 5.56 Å². The van der Waals surface area contributed by atoms with Gasteiger partial charge in [0.25, 0.3) is 5.92 Å². The highest BCUT2D eigenvalue weighted by Crippen LogP contribution is 2.38. The zero-order valence-corrected chi connectivity index (χ0v) is 17.2. The van der Waals surface area contributed by atoms with Gasteiger partial charge in [0.2, 0.25) is 0 Å². The van der Waals surface area contributed by atoms with E-state index in [1.165, 1.54) is 6.07 Å². The van der Waals surface area contributed by atoms with Gasteiger partial charge in [0.05, 0.1) is 23.1 Å². The Kier molecular flexibility index (Phi) is 6.55. The minimum Gasteiger partial charge on any atom is -0.593 e. The normalized spacial score (nSPS) is 14.7. The number of benzene rings is 2.